The van der Waals surface area contributed by atoms with Crippen LogP contribution in [0.15, 0.2) is 59.5 Å². The number of nitrogens with one attached hydrogen (secondary N) is 1. The molecular formula is C28H27ClFN3O4. The van der Waals surface area contributed by atoms with E-state index in [0.717, 1.165) is 12.8 Å². The molecule has 1 aromatic heterocycles. The van der Waals surface area contributed by atoms with E-state index in [0.29, 0.717) is 34.4 Å². The predicted molar refractivity (Wildman–Crippen MR) is 139 cm³/mol. The predicted octanol–water partition coefficient (Wildman–Crippen LogP) is 4.30. The molecule has 0 radical (unpaired) electrons. The first-order chi connectivity index (χ1) is 17.8. The lowest BCUT2D eigenvalue weighted by Crippen LogP contribution is -2.44. The number of halogens is 2. The van der Waals surface area contributed by atoms with Gasteiger partial charge in [-0.15, -0.1) is 0 Å². The van der Waals surface area contributed by atoms with Crippen LogP contribution in [0.1, 0.15) is 40.2 Å². The maximum Gasteiger partial charge on any atom is 0.274 e. The van der Waals surface area contributed by atoms with Crippen molar-refractivity contribution in [2.45, 2.75) is 38.3 Å². The van der Waals surface area contributed by atoms with Gasteiger partial charge >= 0.3 is 0 Å². The van der Waals surface area contributed by atoms with E-state index in [1.54, 1.807) is 54.1 Å². The fourth-order valence-corrected chi connectivity index (χ4v) is 4.96. The zero-order valence-electron chi connectivity index (χ0n) is 20.5. The number of rotatable bonds is 7. The Balaban J connectivity index is 1.53. The van der Waals surface area contributed by atoms with Gasteiger partial charge in [0, 0.05) is 41.9 Å². The molecule has 0 bridgehead atoms. The summed E-state index contributed by atoms with van der Waals surface area (Å²) in [6.45, 7) is 2.41. The summed E-state index contributed by atoms with van der Waals surface area (Å²) in [6, 6.07) is 11.4. The number of benzene rings is 2. The Morgan fingerprint density at radius 2 is 1.86 bits per heavy atom. The minimum absolute atomic E-state index is 0.0389. The Morgan fingerprint density at radius 3 is 2.51 bits per heavy atom. The van der Waals surface area contributed by atoms with Crippen LogP contribution in [0.3, 0.4) is 0 Å². The lowest BCUT2D eigenvalue weighted by molar-refractivity contribution is -0.118. The summed E-state index contributed by atoms with van der Waals surface area (Å²) in [6.07, 6.45) is 3.91. The molecule has 192 valence electrons. The van der Waals surface area contributed by atoms with Gasteiger partial charge in [-0.1, -0.05) is 17.7 Å². The van der Waals surface area contributed by atoms with Gasteiger partial charge in [0.15, 0.2) is 0 Å². The van der Waals surface area contributed by atoms with E-state index in [9.17, 15) is 14.4 Å². The summed E-state index contributed by atoms with van der Waals surface area (Å²) in [4.78, 5) is 41.7. The van der Waals surface area contributed by atoms with Crippen molar-refractivity contribution in [2.24, 2.45) is 5.92 Å². The van der Waals surface area contributed by atoms with E-state index in [4.69, 9.17) is 16.3 Å². The fourth-order valence-electron chi connectivity index (χ4n) is 4.84. The van der Waals surface area contributed by atoms with E-state index in [-0.39, 0.29) is 23.4 Å². The molecule has 7 nitrogen and oxygen atoms in total. The van der Waals surface area contributed by atoms with Crippen LogP contribution in [0.4, 0.5) is 10.1 Å². The maximum atomic E-state index is 15.2. The Kier molecular flexibility index (Phi) is 6.77. The number of nitrogens with zero attached hydrogens (tertiary/aromatic N) is 2. The van der Waals surface area contributed by atoms with Crippen molar-refractivity contribution in [3.8, 4) is 5.75 Å². The molecular weight excluding hydrogens is 497 g/mol. The number of aryl methyl sites for hydroxylation is 1. The van der Waals surface area contributed by atoms with Gasteiger partial charge in [0.25, 0.3) is 11.5 Å². The molecule has 2 amide bonds. The van der Waals surface area contributed by atoms with Crippen LogP contribution < -0.4 is 20.5 Å². The van der Waals surface area contributed by atoms with Gasteiger partial charge in [-0.2, -0.15) is 0 Å². The Morgan fingerprint density at radius 1 is 1.14 bits per heavy atom. The highest BCUT2D eigenvalue weighted by atomic mass is 35.5. The number of pyridine rings is 1. The van der Waals surface area contributed by atoms with Crippen molar-refractivity contribution in [2.75, 3.05) is 18.6 Å². The molecule has 0 unspecified atom stereocenters. The molecule has 1 aliphatic heterocycles. The third-order valence-electron chi connectivity index (χ3n) is 7.08. The fraction of sp³-hybridized carbons (Fsp3) is 0.321. The number of amides is 2. The third kappa shape index (κ3) is 4.98. The summed E-state index contributed by atoms with van der Waals surface area (Å²) < 4.78 is 22.0. The number of aromatic nitrogens is 1. The number of carbonyl (C=O) groups excluding carboxylic acids is 2. The summed E-state index contributed by atoms with van der Waals surface area (Å²) in [5, 5.41) is 3.26. The van der Waals surface area contributed by atoms with Crippen LogP contribution in [-0.4, -0.2) is 36.1 Å². The number of hydrogen-bond donors (Lipinski definition) is 1. The molecule has 2 fully saturated rings. The first-order valence-corrected chi connectivity index (χ1v) is 12.6. The smallest absolute Gasteiger partial charge is 0.274 e. The molecule has 2 heterocycles. The Labute approximate surface area is 218 Å². The minimum Gasteiger partial charge on any atom is -0.497 e. The van der Waals surface area contributed by atoms with Crippen molar-refractivity contribution in [1.29, 1.82) is 0 Å². The quantitative estimate of drug-likeness (QED) is 0.501. The van der Waals surface area contributed by atoms with Crippen molar-refractivity contribution >= 4 is 29.1 Å². The van der Waals surface area contributed by atoms with Crippen LogP contribution in [0.5, 0.6) is 5.75 Å². The van der Waals surface area contributed by atoms with Crippen molar-refractivity contribution < 1.29 is 18.7 Å². The highest BCUT2D eigenvalue weighted by molar-refractivity contribution is 6.30. The van der Waals surface area contributed by atoms with Gasteiger partial charge in [0.1, 0.15) is 23.3 Å². The SMILES string of the molecule is COc1ccc([C@@H]2CN(c3c(C)ccn(CC4CC4)c3=O)C(=O)[C@H]2NC(=O)c2ccc(Cl)cc2)c(F)c1. The second-order valence-electron chi connectivity index (χ2n) is 9.65. The molecule has 37 heavy (non-hydrogen) atoms. The number of ether oxygens (including phenoxy) is 1. The molecule has 1 N–H and O–H groups in total. The number of hydrogen-bond acceptors (Lipinski definition) is 4. The first kappa shape index (κ1) is 25.0. The average molecular weight is 524 g/mol. The maximum absolute atomic E-state index is 15.2. The van der Waals surface area contributed by atoms with E-state index < -0.39 is 29.6 Å². The normalized spacial score (nSPS) is 19.2. The van der Waals surface area contributed by atoms with Gasteiger partial charge in [0.2, 0.25) is 5.91 Å². The minimum atomic E-state index is -1.08. The van der Waals surface area contributed by atoms with E-state index >= 15 is 4.39 Å². The number of methoxy groups -OCH3 is 1. The summed E-state index contributed by atoms with van der Waals surface area (Å²) in [5.74, 6) is -1.44. The van der Waals surface area contributed by atoms with Crippen molar-refractivity contribution in [3.63, 3.8) is 0 Å². The number of anilines is 1. The average Bonchev–Trinajstić information content (AvgIpc) is 3.65. The first-order valence-electron chi connectivity index (χ1n) is 12.2. The molecule has 3 aromatic rings. The van der Waals surface area contributed by atoms with Crippen LogP contribution in [0, 0.1) is 18.7 Å². The Hall–Kier alpha value is -3.65. The molecule has 2 atom stereocenters. The Bertz CT molecular complexity index is 1420. The second-order valence-corrected chi connectivity index (χ2v) is 10.1. The molecule has 5 rings (SSSR count). The van der Waals surface area contributed by atoms with Gasteiger partial charge in [-0.3, -0.25) is 14.4 Å². The lowest BCUT2D eigenvalue weighted by Gasteiger charge is -2.20. The van der Waals surface area contributed by atoms with Crippen LogP contribution in [-0.2, 0) is 11.3 Å². The van der Waals surface area contributed by atoms with Gasteiger partial charge in [-0.25, -0.2) is 4.39 Å². The highest BCUT2D eigenvalue weighted by Crippen LogP contribution is 2.35. The molecule has 1 saturated carbocycles. The van der Waals surface area contributed by atoms with E-state index in [1.807, 2.05) is 6.07 Å². The molecule has 1 saturated heterocycles. The van der Waals surface area contributed by atoms with Crippen LogP contribution >= 0.6 is 11.6 Å². The van der Waals surface area contributed by atoms with Gasteiger partial charge in [0.05, 0.1) is 7.11 Å². The van der Waals surface area contributed by atoms with Crippen molar-refractivity contribution in [1.82, 2.24) is 9.88 Å². The van der Waals surface area contributed by atoms with Gasteiger partial charge < -0.3 is 19.5 Å². The zero-order chi connectivity index (χ0) is 26.3. The van der Waals surface area contributed by atoms with E-state index in [2.05, 4.69) is 5.32 Å². The molecule has 9 heteroatoms. The van der Waals surface area contributed by atoms with Crippen molar-refractivity contribution in [3.05, 3.63) is 92.6 Å². The van der Waals surface area contributed by atoms with Crippen LogP contribution in [0.2, 0.25) is 5.02 Å². The van der Waals surface area contributed by atoms with Crippen LogP contribution in [0.25, 0.3) is 0 Å². The van der Waals surface area contributed by atoms with Gasteiger partial charge in [-0.05, 0) is 73.2 Å². The summed E-state index contributed by atoms with van der Waals surface area (Å²) in [5.41, 5.74) is 1.20. The summed E-state index contributed by atoms with van der Waals surface area (Å²) >= 11 is 5.94. The van der Waals surface area contributed by atoms with E-state index in [1.165, 1.54) is 18.1 Å². The zero-order valence-corrected chi connectivity index (χ0v) is 21.3. The molecule has 0 spiro atoms. The topological polar surface area (TPSA) is 80.6 Å². The summed E-state index contributed by atoms with van der Waals surface area (Å²) in [7, 11) is 1.44. The third-order valence-corrected chi connectivity index (χ3v) is 7.33. The lowest BCUT2D eigenvalue weighted by atomic mass is 9.93. The number of carbonyl (C=O) groups is 2. The largest absolute Gasteiger partial charge is 0.497 e. The molecule has 1 aliphatic carbocycles. The highest BCUT2D eigenvalue weighted by Gasteiger charge is 2.45. The molecule has 2 aromatic carbocycles. The standard InChI is InChI=1S/C28H27ClFN3O4/c1-16-11-12-32(14-17-3-4-17)28(36)25(16)33-15-22(21-10-9-20(37-2)13-23(21)30)24(27(33)35)31-26(34)18-5-7-19(29)8-6-18/h5-13,17,22,24H,3-4,14-15H2,1-2H3,(H,31,34)/t22-,24-/m0/s1. The monoisotopic (exact) mass is 523 g/mol. The second kappa shape index (κ2) is 10.0. The molecule has 2 aliphatic rings.